The van der Waals surface area contributed by atoms with E-state index in [1.54, 1.807) is 18.2 Å². The van der Waals surface area contributed by atoms with Gasteiger partial charge in [0.2, 0.25) is 0 Å². The first-order valence-electron chi connectivity index (χ1n) is 6.73. The zero-order chi connectivity index (χ0) is 16.1. The molecule has 118 valence electrons. The molecule has 0 aliphatic carbocycles. The smallest absolute Gasteiger partial charge is 0.355 e. The molecule has 0 unspecified atom stereocenters. The molecule has 7 heteroatoms. The second kappa shape index (κ2) is 7.58. The lowest BCUT2D eigenvalue weighted by molar-refractivity contribution is 0.0691. The highest BCUT2D eigenvalue weighted by molar-refractivity contribution is 7.13. The molecule has 0 bridgehead atoms. The Morgan fingerprint density at radius 3 is 2.86 bits per heavy atom. The Balaban J connectivity index is 2.18. The predicted molar refractivity (Wildman–Crippen MR) is 88.2 cm³/mol. The van der Waals surface area contributed by atoms with Crippen LogP contribution in [0.1, 0.15) is 16.9 Å². The lowest BCUT2D eigenvalue weighted by atomic mass is 10.2. The topological polar surface area (TPSA) is 62.7 Å². The molecule has 22 heavy (non-hydrogen) atoms. The van der Waals surface area contributed by atoms with E-state index in [9.17, 15) is 4.79 Å². The molecule has 0 atom stereocenters. The molecule has 0 fully saturated rings. The van der Waals surface area contributed by atoms with Crippen LogP contribution in [0.25, 0.3) is 10.6 Å². The molecular weight excluding hydrogens is 324 g/mol. The van der Waals surface area contributed by atoms with Gasteiger partial charge < -0.3 is 14.7 Å². The molecule has 2 aromatic rings. The van der Waals surface area contributed by atoms with Crippen LogP contribution in [-0.2, 0) is 0 Å². The number of halogens is 1. The fourth-order valence-electron chi connectivity index (χ4n) is 1.85. The van der Waals surface area contributed by atoms with Gasteiger partial charge in [-0.1, -0.05) is 11.6 Å². The molecule has 1 heterocycles. The van der Waals surface area contributed by atoms with Crippen LogP contribution in [-0.4, -0.2) is 48.2 Å². The second-order valence-electron chi connectivity index (χ2n) is 4.99. The molecule has 5 nitrogen and oxygen atoms in total. The number of rotatable bonds is 7. The fraction of sp³-hybridized carbons (Fsp3) is 0.333. The van der Waals surface area contributed by atoms with Crippen LogP contribution in [0.3, 0.4) is 0 Å². The van der Waals surface area contributed by atoms with Gasteiger partial charge in [-0.15, -0.1) is 11.3 Å². The van der Waals surface area contributed by atoms with Crippen LogP contribution in [0.4, 0.5) is 0 Å². The van der Waals surface area contributed by atoms with Crippen molar-refractivity contribution in [1.82, 2.24) is 9.88 Å². The summed E-state index contributed by atoms with van der Waals surface area (Å²) in [6.07, 6.45) is 0.896. The highest BCUT2D eigenvalue weighted by Gasteiger charge is 2.14. The van der Waals surface area contributed by atoms with Crippen molar-refractivity contribution < 1.29 is 14.6 Å². The number of carboxylic acids is 1. The minimum atomic E-state index is -1.04. The number of hydrogen-bond acceptors (Lipinski definition) is 5. The average Bonchev–Trinajstić information content (AvgIpc) is 2.94. The third-order valence-corrected chi connectivity index (χ3v) is 4.01. The van der Waals surface area contributed by atoms with Gasteiger partial charge in [0.05, 0.1) is 12.2 Å². The number of aromatic carboxylic acids is 1. The van der Waals surface area contributed by atoms with E-state index < -0.39 is 5.97 Å². The number of hydrogen-bond donors (Lipinski definition) is 1. The van der Waals surface area contributed by atoms with Gasteiger partial charge in [0, 0.05) is 16.9 Å². The van der Waals surface area contributed by atoms with E-state index in [-0.39, 0.29) is 5.69 Å². The number of nitrogens with zero attached hydrogens (tertiary/aromatic N) is 2. The van der Waals surface area contributed by atoms with Crippen molar-refractivity contribution in [2.75, 3.05) is 27.2 Å². The minimum absolute atomic E-state index is 0.0264. The van der Waals surface area contributed by atoms with Gasteiger partial charge in [0.1, 0.15) is 10.8 Å². The average molecular weight is 341 g/mol. The van der Waals surface area contributed by atoms with E-state index in [1.807, 2.05) is 14.1 Å². The van der Waals surface area contributed by atoms with Gasteiger partial charge in [0.15, 0.2) is 5.69 Å². The lowest BCUT2D eigenvalue weighted by Gasteiger charge is -2.12. The molecule has 0 aliphatic heterocycles. The summed E-state index contributed by atoms with van der Waals surface area (Å²) in [5.41, 5.74) is 0.744. The molecular formula is C15H17ClN2O3S. The zero-order valence-corrected chi connectivity index (χ0v) is 13.9. The van der Waals surface area contributed by atoms with Gasteiger partial charge in [-0.3, -0.25) is 0 Å². The predicted octanol–water partition coefficient (Wildman–Crippen LogP) is 3.49. The van der Waals surface area contributed by atoms with Crippen molar-refractivity contribution in [3.63, 3.8) is 0 Å². The quantitative estimate of drug-likeness (QED) is 0.782. The fourth-order valence-corrected chi connectivity index (χ4v) is 2.84. The Labute approximate surface area is 138 Å². The number of aromatic nitrogens is 1. The third-order valence-electron chi connectivity index (χ3n) is 2.90. The van der Waals surface area contributed by atoms with Crippen molar-refractivity contribution in [3.05, 3.63) is 34.3 Å². The first-order valence-corrected chi connectivity index (χ1v) is 7.99. The molecule has 0 saturated heterocycles. The minimum Gasteiger partial charge on any atom is -0.493 e. The maximum absolute atomic E-state index is 11.0. The van der Waals surface area contributed by atoms with Gasteiger partial charge in [-0.25, -0.2) is 9.78 Å². The number of benzene rings is 1. The van der Waals surface area contributed by atoms with Crippen molar-refractivity contribution in [2.24, 2.45) is 0 Å². The first-order chi connectivity index (χ1) is 10.5. The number of ether oxygens (including phenoxy) is 1. The third kappa shape index (κ3) is 4.43. The van der Waals surface area contributed by atoms with Crippen molar-refractivity contribution >= 4 is 28.9 Å². The molecule has 0 radical (unpaired) electrons. The maximum atomic E-state index is 11.0. The van der Waals surface area contributed by atoms with E-state index in [4.69, 9.17) is 21.4 Å². The van der Waals surface area contributed by atoms with Crippen LogP contribution in [0.15, 0.2) is 23.6 Å². The Morgan fingerprint density at radius 2 is 2.23 bits per heavy atom. The van der Waals surface area contributed by atoms with E-state index >= 15 is 0 Å². The number of thiazole rings is 1. The highest BCUT2D eigenvalue weighted by atomic mass is 35.5. The second-order valence-corrected chi connectivity index (χ2v) is 6.28. The van der Waals surface area contributed by atoms with Gasteiger partial charge in [-0.2, -0.15) is 0 Å². The van der Waals surface area contributed by atoms with Crippen LogP contribution < -0.4 is 4.74 Å². The molecule has 0 aliphatic rings. The van der Waals surface area contributed by atoms with Crippen molar-refractivity contribution in [1.29, 1.82) is 0 Å². The summed E-state index contributed by atoms with van der Waals surface area (Å²) < 4.78 is 5.80. The Hall–Kier alpha value is -1.63. The molecule has 0 saturated carbocycles. The summed E-state index contributed by atoms with van der Waals surface area (Å²) in [5.74, 6) is -0.382. The normalized spacial score (nSPS) is 10.9. The summed E-state index contributed by atoms with van der Waals surface area (Å²) in [6, 6.07) is 5.28. The number of carboxylic acid groups (broad SMARTS) is 1. The maximum Gasteiger partial charge on any atom is 0.355 e. The van der Waals surface area contributed by atoms with Crippen LogP contribution in [0, 0.1) is 0 Å². The molecule has 0 spiro atoms. The monoisotopic (exact) mass is 340 g/mol. The Bertz CT molecular complexity index is 658. The highest BCUT2D eigenvalue weighted by Crippen LogP contribution is 2.34. The summed E-state index contributed by atoms with van der Waals surface area (Å²) in [6.45, 7) is 1.51. The summed E-state index contributed by atoms with van der Waals surface area (Å²) >= 11 is 7.30. The van der Waals surface area contributed by atoms with Crippen LogP contribution in [0.2, 0.25) is 5.02 Å². The summed E-state index contributed by atoms with van der Waals surface area (Å²) in [5, 5.41) is 11.6. The Kier molecular flexibility index (Phi) is 5.76. The van der Waals surface area contributed by atoms with E-state index in [0.29, 0.717) is 22.4 Å². The molecule has 1 N–H and O–H groups in total. The van der Waals surface area contributed by atoms with Crippen LogP contribution >= 0.6 is 22.9 Å². The van der Waals surface area contributed by atoms with Gasteiger partial charge in [0.25, 0.3) is 0 Å². The van der Waals surface area contributed by atoms with Gasteiger partial charge >= 0.3 is 5.97 Å². The van der Waals surface area contributed by atoms with E-state index in [2.05, 4.69) is 9.88 Å². The van der Waals surface area contributed by atoms with E-state index in [0.717, 1.165) is 18.5 Å². The van der Waals surface area contributed by atoms with Gasteiger partial charge in [-0.05, 0) is 38.7 Å². The Morgan fingerprint density at radius 1 is 1.45 bits per heavy atom. The lowest BCUT2D eigenvalue weighted by Crippen LogP contribution is -2.15. The SMILES string of the molecule is CN(C)CCCOc1ccc(Cl)cc1-c1nc(C(=O)O)cs1. The number of carbonyl (C=O) groups is 1. The zero-order valence-electron chi connectivity index (χ0n) is 12.4. The standard InChI is InChI=1S/C15H17ClN2O3S/c1-18(2)6-3-7-21-13-5-4-10(16)8-11(13)14-17-12(9-22-14)15(19)20/h4-5,8-9H,3,6-7H2,1-2H3,(H,19,20). The first kappa shape index (κ1) is 16.7. The molecule has 1 aromatic heterocycles. The van der Waals surface area contributed by atoms with Crippen LogP contribution in [0.5, 0.6) is 5.75 Å². The molecule has 2 rings (SSSR count). The van der Waals surface area contributed by atoms with Crippen molar-refractivity contribution in [3.8, 4) is 16.3 Å². The van der Waals surface area contributed by atoms with E-state index in [1.165, 1.54) is 16.7 Å². The largest absolute Gasteiger partial charge is 0.493 e. The van der Waals surface area contributed by atoms with Crippen molar-refractivity contribution in [2.45, 2.75) is 6.42 Å². The molecule has 1 aromatic carbocycles. The summed E-state index contributed by atoms with van der Waals surface area (Å²) in [4.78, 5) is 17.2. The summed E-state index contributed by atoms with van der Waals surface area (Å²) in [7, 11) is 4.02. The molecule has 0 amide bonds.